The maximum atomic E-state index is 13.1. The summed E-state index contributed by atoms with van der Waals surface area (Å²) >= 11 is 5.97. The molecule has 4 rings (SSSR count). The highest BCUT2D eigenvalue weighted by Gasteiger charge is 2.33. The molecule has 1 aliphatic rings. The minimum atomic E-state index is -4.51. The zero-order valence-electron chi connectivity index (χ0n) is 17.0. The molecular formula is C23H21ClF3N3O2. The fourth-order valence-corrected chi connectivity index (χ4v) is 3.71. The topological polar surface area (TPSA) is 56.0 Å². The molecule has 1 N–H and O–H groups in total. The highest BCUT2D eigenvalue weighted by atomic mass is 35.5. The molecule has 168 valence electrons. The van der Waals surface area contributed by atoms with E-state index >= 15 is 0 Å². The van der Waals surface area contributed by atoms with E-state index in [-0.39, 0.29) is 24.3 Å². The van der Waals surface area contributed by atoms with Crippen LogP contribution in [0.15, 0.2) is 59.5 Å². The van der Waals surface area contributed by atoms with E-state index in [1.807, 2.05) is 0 Å². The molecule has 32 heavy (non-hydrogen) atoms. The van der Waals surface area contributed by atoms with Gasteiger partial charge in [-0.05, 0) is 48.1 Å². The summed E-state index contributed by atoms with van der Waals surface area (Å²) in [5, 5.41) is 3.06. The number of hydrogen-bond donors (Lipinski definition) is 1. The van der Waals surface area contributed by atoms with E-state index in [1.165, 1.54) is 22.8 Å². The highest BCUT2D eigenvalue weighted by molar-refractivity contribution is 6.30. The Kier molecular flexibility index (Phi) is 6.15. The van der Waals surface area contributed by atoms with Gasteiger partial charge in [-0.2, -0.15) is 13.2 Å². The SMILES string of the molecule is O=C(Cn1cc(-c2ccc(Cl)cc2)n(CC2CC2)c1=O)NCc1ccccc1C(F)(F)F. The van der Waals surface area contributed by atoms with Gasteiger partial charge >= 0.3 is 11.9 Å². The number of carbonyl (C=O) groups excluding carboxylic acids is 1. The summed E-state index contributed by atoms with van der Waals surface area (Å²) in [6.45, 7) is -0.00820. The number of alkyl halides is 3. The molecule has 0 radical (unpaired) electrons. The van der Waals surface area contributed by atoms with Crippen molar-refractivity contribution in [1.29, 1.82) is 0 Å². The van der Waals surface area contributed by atoms with Gasteiger partial charge in [0, 0.05) is 24.3 Å². The van der Waals surface area contributed by atoms with Gasteiger partial charge in [-0.15, -0.1) is 0 Å². The molecule has 0 atom stereocenters. The van der Waals surface area contributed by atoms with Crippen LogP contribution in [0.3, 0.4) is 0 Å². The van der Waals surface area contributed by atoms with Crippen LogP contribution >= 0.6 is 11.6 Å². The van der Waals surface area contributed by atoms with Gasteiger partial charge in [0.2, 0.25) is 5.91 Å². The molecule has 1 amide bonds. The van der Waals surface area contributed by atoms with Crippen LogP contribution in [0.25, 0.3) is 11.3 Å². The maximum Gasteiger partial charge on any atom is 0.416 e. The lowest BCUT2D eigenvalue weighted by atomic mass is 10.1. The molecule has 1 aliphatic carbocycles. The Morgan fingerprint density at radius 2 is 1.78 bits per heavy atom. The van der Waals surface area contributed by atoms with Gasteiger partial charge in [0.1, 0.15) is 6.54 Å². The number of nitrogens with zero attached hydrogens (tertiary/aromatic N) is 2. The van der Waals surface area contributed by atoms with Crippen LogP contribution in [0.2, 0.25) is 5.02 Å². The predicted molar refractivity (Wildman–Crippen MR) is 115 cm³/mol. The summed E-state index contributed by atoms with van der Waals surface area (Å²) in [4.78, 5) is 25.4. The van der Waals surface area contributed by atoms with Crippen LogP contribution in [0.4, 0.5) is 13.2 Å². The van der Waals surface area contributed by atoms with E-state index in [9.17, 15) is 22.8 Å². The normalized spacial score (nSPS) is 13.9. The summed E-state index contributed by atoms with van der Waals surface area (Å²) in [7, 11) is 0. The van der Waals surface area contributed by atoms with Crippen molar-refractivity contribution in [1.82, 2.24) is 14.5 Å². The monoisotopic (exact) mass is 463 g/mol. The second kappa shape index (κ2) is 8.86. The minimum absolute atomic E-state index is 0.0335. The lowest BCUT2D eigenvalue weighted by molar-refractivity contribution is -0.138. The van der Waals surface area contributed by atoms with Crippen molar-refractivity contribution in [2.24, 2.45) is 5.92 Å². The fourth-order valence-electron chi connectivity index (χ4n) is 3.59. The number of benzene rings is 2. The largest absolute Gasteiger partial charge is 0.416 e. The molecule has 1 saturated carbocycles. The van der Waals surface area contributed by atoms with Crippen LogP contribution < -0.4 is 11.0 Å². The van der Waals surface area contributed by atoms with Gasteiger partial charge in [-0.25, -0.2) is 4.79 Å². The van der Waals surface area contributed by atoms with Crippen molar-refractivity contribution in [2.75, 3.05) is 0 Å². The van der Waals surface area contributed by atoms with Crippen LogP contribution in [-0.4, -0.2) is 15.0 Å². The molecule has 0 bridgehead atoms. The molecule has 0 unspecified atom stereocenters. The number of hydrogen-bond acceptors (Lipinski definition) is 2. The number of imidazole rings is 1. The molecule has 3 aromatic rings. The van der Waals surface area contributed by atoms with Crippen LogP contribution in [0.5, 0.6) is 0 Å². The maximum absolute atomic E-state index is 13.1. The molecule has 0 saturated heterocycles. The predicted octanol–water partition coefficient (Wildman–Crippen LogP) is 4.72. The zero-order valence-corrected chi connectivity index (χ0v) is 17.8. The first kappa shape index (κ1) is 22.2. The number of halogens is 4. The number of aromatic nitrogens is 2. The molecule has 1 fully saturated rings. The van der Waals surface area contributed by atoms with Gasteiger partial charge in [0.05, 0.1) is 11.3 Å². The van der Waals surface area contributed by atoms with Gasteiger partial charge in [0.25, 0.3) is 0 Å². The summed E-state index contributed by atoms with van der Waals surface area (Å²) in [5.74, 6) is -0.113. The summed E-state index contributed by atoms with van der Waals surface area (Å²) in [6.07, 6.45) is -0.795. The Balaban J connectivity index is 1.52. The number of nitrogens with one attached hydrogen (secondary N) is 1. The second-order valence-electron chi connectivity index (χ2n) is 7.92. The quantitative estimate of drug-likeness (QED) is 0.551. The first-order chi connectivity index (χ1) is 15.2. The molecular weight excluding hydrogens is 443 g/mol. The summed E-state index contributed by atoms with van der Waals surface area (Å²) < 4.78 is 42.4. The van der Waals surface area contributed by atoms with Crippen molar-refractivity contribution in [3.05, 3.63) is 81.4 Å². The minimum Gasteiger partial charge on any atom is -0.350 e. The molecule has 0 aliphatic heterocycles. The van der Waals surface area contributed by atoms with Crippen molar-refractivity contribution in [3.63, 3.8) is 0 Å². The second-order valence-corrected chi connectivity index (χ2v) is 8.35. The molecule has 5 nitrogen and oxygen atoms in total. The molecule has 9 heteroatoms. The smallest absolute Gasteiger partial charge is 0.350 e. The van der Waals surface area contributed by atoms with Gasteiger partial charge in [0.15, 0.2) is 0 Å². The third-order valence-electron chi connectivity index (χ3n) is 5.44. The van der Waals surface area contributed by atoms with Crippen molar-refractivity contribution < 1.29 is 18.0 Å². The van der Waals surface area contributed by atoms with E-state index in [0.29, 0.717) is 23.2 Å². The third-order valence-corrected chi connectivity index (χ3v) is 5.69. The lowest BCUT2D eigenvalue weighted by Crippen LogP contribution is -2.33. The Hall–Kier alpha value is -3.00. The highest BCUT2D eigenvalue weighted by Crippen LogP contribution is 2.33. The van der Waals surface area contributed by atoms with Crippen LogP contribution in [0, 0.1) is 5.92 Å². The first-order valence-corrected chi connectivity index (χ1v) is 10.6. The molecule has 0 spiro atoms. The lowest BCUT2D eigenvalue weighted by Gasteiger charge is -2.13. The summed E-state index contributed by atoms with van der Waals surface area (Å²) in [6, 6.07) is 12.1. The van der Waals surface area contributed by atoms with E-state index in [4.69, 9.17) is 11.6 Å². The van der Waals surface area contributed by atoms with Gasteiger partial charge < -0.3 is 5.32 Å². The van der Waals surface area contributed by atoms with E-state index in [1.54, 1.807) is 35.0 Å². The molecule has 2 aromatic carbocycles. The van der Waals surface area contributed by atoms with Crippen LogP contribution in [0.1, 0.15) is 24.0 Å². The number of rotatable bonds is 7. The summed E-state index contributed by atoms with van der Waals surface area (Å²) in [5.41, 5.74) is 0.318. The number of carbonyl (C=O) groups is 1. The Bertz CT molecular complexity index is 1180. The molecule has 1 aromatic heterocycles. The van der Waals surface area contributed by atoms with E-state index < -0.39 is 17.6 Å². The Morgan fingerprint density at radius 3 is 2.44 bits per heavy atom. The van der Waals surface area contributed by atoms with Crippen molar-refractivity contribution in [3.8, 4) is 11.3 Å². The van der Waals surface area contributed by atoms with Crippen LogP contribution in [-0.2, 0) is 30.6 Å². The van der Waals surface area contributed by atoms with E-state index in [0.717, 1.165) is 24.5 Å². The number of amides is 1. The Labute approximate surface area is 187 Å². The third kappa shape index (κ3) is 5.07. The van der Waals surface area contributed by atoms with Crippen molar-refractivity contribution in [2.45, 2.75) is 38.7 Å². The Morgan fingerprint density at radius 1 is 1.09 bits per heavy atom. The average Bonchev–Trinajstić information content (AvgIpc) is 3.53. The zero-order chi connectivity index (χ0) is 22.9. The van der Waals surface area contributed by atoms with Gasteiger partial charge in [-0.1, -0.05) is 41.9 Å². The standard InChI is InChI=1S/C23H21ClF3N3O2/c24-18-9-7-16(8-10-18)20-13-29(22(32)30(20)12-15-5-6-15)14-21(31)28-11-17-3-1-2-4-19(17)23(25,26)27/h1-4,7-10,13,15H,5-6,11-12,14H2,(H,28,31). The van der Waals surface area contributed by atoms with Crippen molar-refractivity contribution >= 4 is 17.5 Å². The average molecular weight is 464 g/mol. The fraction of sp³-hybridized carbons (Fsp3) is 0.304. The van der Waals surface area contributed by atoms with Gasteiger partial charge in [-0.3, -0.25) is 13.9 Å². The van der Waals surface area contributed by atoms with E-state index in [2.05, 4.69) is 5.32 Å². The molecule has 1 heterocycles. The first-order valence-electron chi connectivity index (χ1n) is 10.2.